The van der Waals surface area contributed by atoms with E-state index in [2.05, 4.69) is 98.1 Å². The van der Waals surface area contributed by atoms with Crippen molar-refractivity contribution in [2.45, 2.75) is 141 Å². The molecular formula is C47H76NO9P. The van der Waals surface area contributed by atoms with E-state index in [0.29, 0.717) is 19.3 Å². The van der Waals surface area contributed by atoms with Crippen LogP contribution in [0.25, 0.3) is 0 Å². The van der Waals surface area contributed by atoms with E-state index in [0.717, 1.165) is 70.6 Å². The molecule has 11 heteroatoms. The number of phosphoric ester groups is 1. The zero-order valence-corrected chi connectivity index (χ0v) is 36.3. The maximum absolute atomic E-state index is 12.5. The fourth-order valence-corrected chi connectivity index (χ4v) is 5.76. The Morgan fingerprint density at radius 1 is 0.552 bits per heavy atom. The van der Waals surface area contributed by atoms with Gasteiger partial charge in [0.15, 0.2) is 6.10 Å². The quantitative estimate of drug-likeness (QED) is 0.0236. The first-order chi connectivity index (χ1) is 28.3. The molecule has 0 radical (unpaired) electrons. The summed E-state index contributed by atoms with van der Waals surface area (Å²) < 4.78 is 32.6. The third-order valence-corrected chi connectivity index (χ3v) is 9.18. The first kappa shape index (κ1) is 54.6. The number of unbranched alkanes of at least 4 members (excludes halogenated alkanes) is 7. The van der Waals surface area contributed by atoms with Gasteiger partial charge in [0, 0.05) is 26.0 Å². The molecule has 0 spiro atoms. The maximum Gasteiger partial charge on any atom is 0.472 e. The number of aliphatic hydroxyl groups excluding tert-OH is 1. The maximum atomic E-state index is 12.5. The summed E-state index contributed by atoms with van der Waals surface area (Å²) in [6.45, 7) is 1.52. The lowest BCUT2D eigenvalue weighted by Crippen LogP contribution is -2.29. The van der Waals surface area contributed by atoms with Crippen LogP contribution in [0.4, 0.5) is 0 Å². The van der Waals surface area contributed by atoms with Crippen LogP contribution in [0.15, 0.2) is 109 Å². The number of carbonyl (C=O) groups is 2. The number of esters is 2. The van der Waals surface area contributed by atoms with Gasteiger partial charge in [-0.2, -0.15) is 0 Å². The molecule has 0 aliphatic rings. The van der Waals surface area contributed by atoms with Crippen LogP contribution in [-0.2, 0) is 32.7 Å². The third-order valence-electron chi connectivity index (χ3n) is 8.20. The van der Waals surface area contributed by atoms with Gasteiger partial charge in [-0.15, -0.1) is 0 Å². The summed E-state index contributed by atoms with van der Waals surface area (Å²) in [5, 5.41) is 8.79. The summed E-state index contributed by atoms with van der Waals surface area (Å²) in [7, 11) is -4.42. The van der Waals surface area contributed by atoms with Crippen LogP contribution in [0.5, 0.6) is 0 Å². The standard InChI is InChI=1S/C47H76NO9P/c1-2-3-4-5-6-7-8-9-10-11-12-14-18-21-24-27-30-33-36-39-47(51)57-45(44-56-58(52,53)55-42-40-48)43-54-46(50)38-35-32-29-26-23-20-17-15-13-16-19-22-25-28-31-34-37-41-49/h6-7,9-10,12-14,16-17,20-22,24-26,29-30,33,45,49H,2-5,8,11,15,18-19,23,27-28,31-32,34-44,48H2,1H3,(H,52,53)/b7-6-,10-9-,14-12-,16-13-,20-17-,24-21-,25-22-,29-26-,33-30-/t45-/m1/s1. The molecule has 58 heavy (non-hydrogen) atoms. The molecule has 0 aromatic rings. The van der Waals surface area contributed by atoms with E-state index < -0.39 is 32.5 Å². The lowest BCUT2D eigenvalue weighted by molar-refractivity contribution is -0.161. The molecule has 2 atom stereocenters. The van der Waals surface area contributed by atoms with Crippen molar-refractivity contribution in [3.8, 4) is 0 Å². The molecule has 0 saturated heterocycles. The number of hydrogen-bond donors (Lipinski definition) is 3. The van der Waals surface area contributed by atoms with Gasteiger partial charge in [0.25, 0.3) is 0 Å². The molecule has 328 valence electrons. The van der Waals surface area contributed by atoms with Gasteiger partial charge in [0.2, 0.25) is 0 Å². The molecule has 0 rings (SSSR count). The highest BCUT2D eigenvalue weighted by Gasteiger charge is 2.25. The predicted octanol–water partition coefficient (Wildman–Crippen LogP) is 11.4. The number of phosphoric acid groups is 1. The average Bonchev–Trinajstić information content (AvgIpc) is 3.21. The van der Waals surface area contributed by atoms with E-state index in [1.54, 1.807) is 0 Å². The summed E-state index contributed by atoms with van der Waals surface area (Å²) in [5.74, 6) is -1.02. The zero-order valence-electron chi connectivity index (χ0n) is 35.4. The van der Waals surface area contributed by atoms with Crippen LogP contribution >= 0.6 is 7.82 Å². The van der Waals surface area contributed by atoms with Crippen LogP contribution in [-0.4, -0.2) is 61.0 Å². The number of ether oxygens (including phenoxy) is 2. The lowest BCUT2D eigenvalue weighted by atomic mass is 10.2. The van der Waals surface area contributed by atoms with Crippen molar-refractivity contribution >= 4 is 19.8 Å². The van der Waals surface area contributed by atoms with Crippen molar-refractivity contribution in [3.63, 3.8) is 0 Å². The molecule has 0 fully saturated rings. The highest BCUT2D eigenvalue weighted by atomic mass is 31.2. The Hall–Kier alpha value is -3.37. The molecule has 0 aliphatic carbocycles. The van der Waals surface area contributed by atoms with E-state index in [9.17, 15) is 19.0 Å². The summed E-state index contributed by atoms with van der Waals surface area (Å²) in [5.41, 5.74) is 5.33. The van der Waals surface area contributed by atoms with Gasteiger partial charge in [0.05, 0.1) is 13.2 Å². The van der Waals surface area contributed by atoms with Crippen LogP contribution in [0.2, 0.25) is 0 Å². The van der Waals surface area contributed by atoms with Crippen LogP contribution in [0.3, 0.4) is 0 Å². The van der Waals surface area contributed by atoms with Gasteiger partial charge >= 0.3 is 19.8 Å². The summed E-state index contributed by atoms with van der Waals surface area (Å²) >= 11 is 0. The number of aliphatic hydroxyl groups is 1. The second-order valence-corrected chi connectivity index (χ2v) is 15.0. The number of nitrogens with two attached hydrogens (primary N) is 1. The molecule has 4 N–H and O–H groups in total. The highest BCUT2D eigenvalue weighted by Crippen LogP contribution is 2.43. The van der Waals surface area contributed by atoms with Crippen LogP contribution < -0.4 is 5.73 Å². The SMILES string of the molecule is CCCCC/C=C\C/C=C\C/C=C\C/C=C\C/C=C\CCC(=O)O[C@H](COC(=O)CCC/C=C\C/C=C\C/C=C\C/C=C\CCCCCO)COP(=O)(O)OCCN. The Bertz CT molecular complexity index is 1310. The van der Waals surface area contributed by atoms with Gasteiger partial charge in [-0.05, 0) is 96.3 Å². The molecule has 10 nitrogen and oxygen atoms in total. The van der Waals surface area contributed by atoms with E-state index in [-0.39, 0.29) is 39.2 Å². The van der Waals surface area contributed by atoms with E-state index >= 15 is 0 Å². The lowest BCUT2D eigenvalue weighted by Gasteiger charge is -2.19. The Kier molecular flexibility index (Phi) is 40.7. The highest BCUT2D eigenvalue weighted by molar-refractivity contribution is 7.47. The van der Waals surface area contributed by atoms with Gasteiger partial charge in [0.1, 0.15) is 6.61 Å². The molecular weight excluding hydrogens is 753 g/mol. The smallest absolute Gasteiger partial charge is 0.462 e. The minimum Gasteiger partial charge on any atom is -0.462 e. The minimum atomic E-state index is -4.42. The fourth-order valence-electron chi connectivity index (χ4n) is 5.00. The molecule has 0 aliphatic heterocycles. The fraction of sp³-hybridized carbons (Fsp3) is 0.574. The second kappa shape index (κ2) is 43.2. The van der Waals surface area contributed by atoms with Gasteiger partial charge in [-0.1, -0.05) is 136 Å². The number of hydrogen-bond acceptors (Lipinski definition) is 9. The molecule has 0 aromatic carbocycles. The number of rotatable bonds is 39. The van der Waals surface area contributed by atoms with E-state index in [1.165, 1.54) is 25.7 Å². The molecule has 1 unspecified atom stereocenters. The molecule has 0 heterocycles. The summed E-state index contributed by atoms with van der Waals surface area (Å²) in [4.78, 5) is 34.8. The van der Waals surface area contributed by atoms with Gasteiger partial charge < -0.3 is 25.2 Å². The van der Waals surface area contributed by atoms with Gasteiger partial charge in [-0.3, -0.25) is 18.6 Å². The van der Waals surface area contributed by atoms with E-state index in [4.69, 9.17) is 29.4 Å². The first-order valence-corrected chi connectivity index (χ1v) is 23.0. The Morgan fingerprint density at radius 2 is 1.00 bits per heavy atom. The molecule has 0 aromatic heterocycles. The zero-order chi connectivity index (χ0) is 42.5. The van der Waals surface area contributed by atoms with Crippen molar-refractivity contribution in [1.29, 1.82) is 0 Å². The Labute approximate surface area is 351 Å². The topological polar surface area (TPSA) is 155 Å². The minimum absolute atomic E-state index is 0.0243. The monoisotopic (exact) mass is 830 g/mol. The molecule has 0 amide bonds. The van der Waals surface area contributed by atoms with E-state index in [1.807, 2.05) is 18.2 Å². The van der Waals surface area contributed by atoms with Crippen molar-refractivity contribution in [2.24, 2.45) is 5.73 Å². The predicted molar refractivity (Wildman–Crippen MR) is 239 cm³/mol. The molecule has 0 bridgehead atoms. The number of allylic oxidation sites excluding steroid dienone is 18. The van der Waals surface area contributed by atoms with Crippen molar-refractivity contribution < 1.29 is 42.7 Å². The normalized spacial score (nSPS) is 14.3. The molecule has 0 saturated carbocycles. The van der Waals surface area contributed by atoms with Crippen LogP contribution in [0, 0.1) is 0 Å². The van der Waals surface area contributed by atoms with Crippen molar-refractivity contribution in [3.05, 3.63) is 109 Å². The van der Waals surface area contributed by atoms with Crippen molar-refractivity contribution in [2.75, 3.05) is 33.0 Å². The summed E-state index contributed by atoms with van der Waals surface area (Å²) in [6.07, 6.45) is 54.4. The first-order valence-electron chi connectivity index (χ1n) is 21.5. The summed E-state index contributed by atoms with van der Waals surface area (Å²) in [6, 6.07) is 0. The van der Waals surface area contributed by atoms with Gasteiger partial charge in [-0.25, -0.2) is 4.57 Å². The average molecular weight is 830 g/mol. The largest absolute Gasteiger partial charge is 0.472 e. The Morgan fingerprint density at radius 3 is 1.47 bits per heavy atom. The number of carbonyl (C=O) groups excluding carboxylic acids is 2. The van der Waals surface area contributed by atoms with Crippen molar-refractivity contribution in [1.82, 2.24) is 0 Å². The third kappa shape index (κ3) is 42.2. The Balaban J connectivity index is 4.40. The second-order valence-electron chi connectivity index (χ2n) is 13.6. The van der Waals surface area contributed by atoms with Crippen LogP contribution in [0.1, 0.15) is 135 Å².